The molecule has 0 unspecified atom stereocenters. The third-order valence-electron chi connectivity index (χ3n) is 9.42. The number of nitrogens with one attached hydrogen (secondary N) is 1. The van der Waals surface area contributed by atoms with Gasteiger partial charge in [0.1, 0.15) is 11.3 Å². The molecule has 262 valence electrons. The van der Waals surface area contributed by atoms with Crippen molar-refractivity contribution in [1.82, 2.24) is 0 Å². The first-order valence-electron chi connectivity index (χ1n) is 18.8. The van der Waals surface area contributed by atoms with E-state index in [9.17, 15) is 4.79 Å². The summed E-state index contributed by atoms with van der Waals surface area (Å²) in [6.45, 7) is 11.0. The van der Waals surface area contributed by atoms with Gasteiger partial charge in [0.05, 0.1) is 23.2 Å². The van der Waals surface area contributed by atoms with Crippen molar-refractivity contribution in [3.8, 4) is 22.5 Å². The number of hydrogen-bond donors (Lipinski definition) is 1. The zero-order chi connectivity index (χ0) is 35.7. The van der Waals surface area contributed by atoms with E-state index in [1.807, 2.05) is 37.3 Å². The maximum atomic E-state index is 13.3. The van der Waals surface area contributed by atoms with E-state index >= 15 is 0 Å². The first kappa shape index (κ1) is 35.7. The molecule has 0 saturated heterocycles. The van der Waals surface area contributed by atoms with Gasteiger partial charge in [0.15, 0.2) is 0 Å². The summed E-state index contributed by atoms with van der Waals surface area (Å²) >= 11 is 0. The van der Waals surface area contributed by atoms with Crippen molar-refractivity contribution in [2.24, 2.45) is 4.99 Å². The van der Waals surface area contributed by atoms with Gasteiger partial charge in [0.2, 0.25) is 0 Å². The number of hydrogen-bond acceptors (Lipinski definition) is 5. The molecule has 5 heteroatoms. The largest absolute Gasteiger partial charge is 0.462 e. The molecule has 1 aliphatic carbocycles. The van der Waals surface area contributed by atoms with E-state index in [1.54, 1.807) is 0 Å². The molecule has 0 aromatic heterocycles. The van der Waals surface area contributed by atoms with Crippen molar-refractivity contribution >= 4 is 34.0 Å². The van der Waals surface area contributed by atoms with E-state index in [4.69, 9.17) is 14.1 Å². The second-order valence-electron chi connectivity index (χ2n) is 13.2. The molecule has 0 amide bonds. The summed E-state index contributed by atoms with van der Waals surface area (Å²) in [7, 11) is 0. The highest BCUT2D eigenvalue weighted by Gasteiger charge is 2.22. The predicted molar refractivity (Wildman–Crippen MR) is 212 cm³/mol. The Kier molecular flexibility index (Phi) is 11.7. The number of benzene rings is 5. The lowest BCUT2D eigenvalue weighted by Gasteiger charge is -2.19. The Morgan fingerprint density at radius 2 is 1.29 bits per heavy atom. The number of fused-ring (bicyclic) bond motifs is 2. The van der Waals surface area contributed by atoms with E-state index in [0.29, 0.717) is 17.9 Å². The Balaban J connectivity index is 1.59. The highest BCUT2D eigenvalue weighted by atomic mass is 16.5. The first-order chi connectivity index (χ1) is 25.0. The van der Waals surface area contributed by atoms with Crippen LogP contribution in [-0.4, -0.2) is 12.6 Å². The molecule has 4 aromatic rings. The molecular formula is C46H50N2O3. The SMILES string of the molecule is CCCc1cccc(CCC)c1N=c1ccc2c(-c3ccccc3C(=O)OCC)c3ccc(Nc4c(CCC)cccc4CCC)cc3oc-2c1. The van der Waals surface area contributed by atoms with Crippen LogP contribution < -0.4 is 10.7 Å². The van der Waals surface area contributed by atoms with Crippen LogP contribution in [0.15, 0.2) is 106 Å². The lowest BCUT2D eigenvalue weighted by atomic mass is 9.90. The molecule has 1 aliphatic heterocycles. The Bertz CT molecular complexity index is 2130. The number of carbonyl (C=O) groups excluding carboxylic acids is 1. The zero-order valence-corrected chi connectivity index (χ0v) is 30.8. The fourth-order valence-electron chi connectivity index (χ4n) is 7.18. The van der Waals surface area contributed by atoms with Crippen LogP contribution >= 0.6 is 0 Å². The Morgan fingerprint density at radius 1 is 0.667 bits per heavy atom. The zero-order valence-electron chi connectivity index (χ0n) is 30.8. The van der Waals surface area contributed by atoms with Crippen molar-refractivity contribution in [3.05, 3.63) is 130 Å². The van der Waals surface area contributed by atoms with Crippen LogP contribution in [0.5, 0.6) is 0 Å². The topological polar surface area (TPSA) is 63.8 Å². The van der Waals surface area contributed by atoms with Crippen LogP contribution in [0.4, 0.5) is 17.1 Å². The fraction of sp³-hybridized carbons (Fsp3) is 0.304. The summed E-state index contributed by atoms with van der Waals surface area (Å²) in [6, 6.07) is 33.4. The molecule has 0 spiro atoms. The smallest absolute Gasteiger partial charge is 0.338 e. The standard InChI is InChI=1S/C46H50N2O3/c1-6-15-31-19-13-20-32(16-7-2)44(31)47-35-25-27-39-41(29-35)51-42-30-36(48-45-33(17-8-3)21-14-22-34(45)18-9-4)26-28-40(42)43(39)37-23-11-12-24-38(37)46(49)50-10-5/h11-14,19-30,47H,6-10,15-18H2,1-5H3. The number of rotatable bonds is 14. The molecule has 0 bridgehead atoms. The van der Waals surface area contributed by atoms with Crippen LogP contribution in [0.3, 0.4) is 0 Å². The van der Waals surface area contributed by atoms with Crippen LogP contribution in [0, 0.1) is 0 Å². The molecule has 2 aliphatic rings. The summed E-state index contributed by atoms with van der Waals surface area (Å²) in [5, 5.41) is 5.54. The molecule has 4 aromatic carbocycles. The van der Waals surface area contributed by atoms with E-state index in [-0.39, 0.29) is 5.97 Å². The van der Waals surface area contributed by atoms with Crippen LogP contribution in [-0.2, 0) is 30.4 Å². The maximum Gasteiger partial charge on any atom is 0.338 e. The van der Waals surface area contributed by atoms with Gasteiger partial charge in [-0.05, 0) is 90.8 Å². The Morgan fingerprint density at radius 3 is 1.94 bits per heavy atom. The minimum atomic E-state index is -0.341. The van der Waals surface area contributed by atoms with Crippen molar-refractivity contribution in [2.75, 3.05) is 11.9 Å². The summed E-state index contributed by atoms with van der Waals surface area (Å²) < 4.78 is 12.3. The van der Waals surface area contributed by atoms with E-state index in [0.717, 1.165) is 95.8 Å². The van der Waals surface area contributed by atoms with Gasteiger partial charge in [-0.15, -0.1) is 0 Å². The highest BCUT2D eigenvalue weighted by molar-refractivity contribution is 6.08. The molecule has 0 radical (unpaired) electrons. The van der Waals surface area contributed by atoms with Gasteiger partial charge in [-0.3, -0.25) is 0 Å². The van der Waals surface area contributed by atoms with E-state index < -0.39 is 0 Å². The van der Waals surface area contributed by atoms with E-state index in [2.05, 4.69) is 99.7 Å². The van der Waals surface area contributed by atoms with Crippen molar-refractivity contribution < 1.29 is 13.9 Å². The van der Waals surface area contributed by atoms with Crippen molar-refractivity contribution in [2.45, 2.75) is 86.0 Å². The minimum Gasteiger partial charge on any atom is -0.462 e. The second kappa shape index (κ2) is 16.7. The van der Waals surface area contributed by atoms with E-state index in [1.165, 1.54) is 27.9 Å². The third kappa shape index (κ3) is 7.78. The summed E-state index contributed by atoms with van der Waals surface area (Å²) in [6.07, 6.45) is 8.22. The lowest BCUT2D eigenvalue weighted by molar-refractivity contribution is 0.0527. The molecule has 5 nitrogen and oxygen atoms in total. The molecular weight excluding hydrogens is 629 g/mol. The molecule has 1 heterocycles. The van der Waals surface area contributed by atoms with Crippen LogP contribution in [0.1, 0.15) is 92.9 Å². The van der Waals surface area contributed by atoms with Gasteiger partial charge in [0, 0.05) is 40.0 Å². The molecule has 6 rings (SSSR count). The van der Waals surface area contributed by atoms with Gasteiger partial charge >= 0.3 is 5.97 Å². The number of para-hydroxylation sites is 2. The fourth-order valence-corrected chi connectivity index (χ4v) is 7.18. The summed E-state index contributed by atoms with van der Waals surface area (Å²) in [4.78, 5) is 18.6. The average Bonchev–Trinajstić information content (AvgIpc) is 3.13. The van der Waals surface area contributed by atoms with Crippen molar-refractivity contribution in [3.63, 3.8) is 0 Å². The summed E-state index contributed by atoms with van der Waals surface area (Å²) in [5.41, 5.74) is 12.3. The van der Waals surface area contributed by atoms with Gasteiger partial charge in [-0.1, -0.05) is 108 Å². The molecule has 0 saturated carbocycles. The Hall–Kier alpha value is -5.16. The average molecular weight is 679 g/mol. The van der Waals surface area contributed by atoms with Gasteiger partial charge in [-0.25, -0.2) is 9.79 Å². The maximum absolute atomic E-state index is 13.3. The number of carbonyl (C=O) groups is 1. The first-order valence-corrected chi connectivity index (χ1v) is 18.8. The normalized spacial score (nSPS) is 11.7. The monoisotopic (exact) mass is 678 g/mol. The van der Waals surface area contributed by atoms with Crippen molar-refractivity contribution in [1.29, 1.82) is 0 Å². The third-order valence-corrected chi connectivity index (χ3v) is 9.42. The molecule has 51 heavy (non-hydrogen) atoms. The number of nitrogens with zero attached hydrogens (tertiary/aromatic N) is 1. The predicted octanol–water partition coefficient (Wildman–Crippen LogP) is 12.2. The molecule has 1 N–H and O–H groups in total. The number of ether oxygens (including phenoxy) is 1. The van der Waals surface area contributed by atoms with Crippen LogP contribution in [0.2, 0.25) is 0 Å². The number of aryl methyl sites for hydroxylation is 4. The molecule has 0 atom stereocenters. The lowest BCUT2D eigenvalue weighted by Crippen LogP contribution is -2.08. The minimum absolute atomic E-state index is 0.303. The van der Waals surface area contributed by atoms with Gasteiger partial charge in [0.25, 0.3) is 0 Å². The quantitative estimate of drug-likeness (QED) is 0.0920. The van der Waals surface area contributed by atoms with Crippen LogP contribution in [0.25, 0.3) is 33.4 Å². The van der Waals surface area contributed by atoms with Gasteiger partial charge in [-0.2, -0.15) is 0 Å². The van der Waals surface area contributed by atoms with Gasteiger partial charge < -0.3 is 14.5 Å². The highest BCUT2D eigenvalue weighted by Crippen LogP contribution is 2.42. The number of anilines is 2. The summed E-state index contributed by atoms with van der Waals surface area (Å²) in [5.74, 6) is 0.365. The Labute approximate surface area is 302 Å². The molecule has 0 fully saturated rings. The second-order valence-corrected chi connectivity index (χ2v) is 13.2. The number of esters is 1.